The zero-order valence-electron chi connectivity index (χ0n) is 11.8. The normalized spacial score (nSPS) is 10.0. The van der Waals surface area contributed by atoms with E-state index in [0.29, 0.717) is 18.5 Å². The smallest absolute Gasteiger partial charge is 0.252 e. The highest BCUT2D eigenvalue weighted by molar-refractivity contribution is 7.11. The quantitative estimate of drug-likeness (QED) is 0.832. The fourth-order valence-electron chi connectivity index (χ4n) is 1.83. The predicted octanol–water partition coefficient (Wildman–Crippen LogP) is 3.04. The van der Waals surface area contributed by atoms with Gasteiger partial charge in [0, 0.05) is 16.7 Å². The fraction of sp³-hybridized carbons (Fsp3) is 0.312. The Morgan fingerprint density at radius 2 is 2.29 bits per heavy atom. The Bertz CT molecular complexity index is 661. The zero-order valence-corrected chi connectivity index (χ0v) is 13.4. The van der Waals surface area contributed by atoms with E-state index in [1.165, 1.54) is 21.8 Å². The van der Waals surface area contributed by atoms with Gasteiger partial charge in [0.2, 0.25) is 0 Å². The molecule has 2 rings (SSSR count). The monoisotopic (exact) mass is 319 g/mol. The molecule has 1 amide bonds. The Balaban J connectivity index is 1.93. The standard InChI is InChI=1S/C16H17NO2S2/c1-2-12-6-8-20-15(12)10-17-16(19)13-9-14(21-11-13)5-3-4-7-18/h6,8-9,11,18H,2,4,7,10H2,1H3,(H,17,19). The molecule has 0 saturated carbocycles. The number of thiophene rings is 2. The van der Waals surface area contributed by atoms with Crippen molar-refractivity contribution < 1.29 is 9.90 Å². The Hall–Kier alpha value is -1.61. The van der Waals surface area contributed by atoms with E-state index in [1.807, 2.05) is 5.38 Å². The largest absolute Gasteiger partial charge is 0.395 e. The average Bonchev–Trinajstić information content (AvgIpc) is 3.13. The number of nitrogens with one attached hydrogen (secondary N) is 1. The van der Waals surface area contributed by atoms with Crippen LogP contribution >= 0.6 is 22.7 Å². The van der Waals surface area contributed by atoms with E-state index in [9.17, 15) is 4.79 Å². The molecule has 0 aliphatic carbocycles. The van der Waals surface area contributed by atoms with Gasteiger partial charge >= 0.3 is 0 Å². The van der Waals surface area contributed by atoms with Crippen molar-refractivity contribution in [2.24, 2.45) is 0 Å². The van der Waals surface area contributed by atoms with E-state index in [-0.39, 0.29) is 12.5 Å². The lowest BCUT2D eigenvalue weighted by Gasteiger charge is -2.03. The number of rotatable bonds is 5. The predicted molar refractivity (Wildman–Crippen MR) is 87.8 cm³/mol. The highest BCUT2D eigenvalue weighted by Gasteiger charge is 2.09. The van der Waals surface area contributed by atoms with Crippen LogP contribution in [-0.4, -0.2) is 17.6 Å². The van der Waals surface area contributed by atoms with Crippen LogP contribution in [0.5, 0.6) is 0 Å². The van der Waals surface area contributed by atoms with Crippen LogP contribution in [0.1, 0.15) is 39.0 Å². The second-order valence-electron chi connectivity index (χ2n) is 4.38. The SMILES string of the molecule is CCc1ccsc1CNC(=O)c1csc(C#CCCO)c1. The molecule has 0 spiro atoms. The van der Waals surface area contributed by atoms with Crippen LogP contribution in [0.25, 0.3) is 0 Å². The molecule has 0 atom stereocenters. The molecule has 0 bridgehead atoms. The van der Waals surface area contributed by atoms with Gasteiger partial charge in [-0.3, -0.25) is 4.79 Å². The minimum Gasteiger partial charge on any atom is -0.395 e. The van der Waals surface area contributed by atoms with Gasteiger partial charge in [-0.25, -0.2) is 0 Å². The lowest BCUT2D eigenvalue weighted by molar-refractivity contribution is 0.0951. The van der Waals surface area contributed by atoms with Gasteiger partial charge in [-0.1, -0.05) is 18.8 Å². The lowest BCUT2D eigenvalue weighted by atomic mass is 10.2. The summed E-state index contributed by atoms with van der Waals surface area (Å²) in [5.41, 5.74) is 1.93. The van der Waals surface area contributed by atoms with Gasteiger partial charge in [0.25, 0.3) is 5.91 Å². The Kier molecular flexibility index (Phi) is 6.00. The molecule has 0 fully saturated rings. The molecule has 5 heteroatoms. The first-order valence-electron chi connectivity index (χ1n) is 6.76. The molecule has 2 N–H and O–H groups in total. The summed E-state index contributed by atoms with van der Waals surface area (Å²) in [6.45, 7) is 2.75. The number of carbonyl (C=O) groups excluding carboxylic acids is 1. The maximum absolute atomic E-state index is 12.1. The summed E-state index contributed by atoms with van der Waals surface area (Å²) < 4.78 is 0. The van der Waals surface area contributed by atoms with E-state index in [2.05, 4.69) is 35.5 Å². The fourth-order valence-corrected chi connectivity index (χ4v) is 3.50. The molecule has 3 nitrogen and oxygen atoms in total. The number of aryl methyl sites for hydroxylation is 1. The van der Waals surface area contributed by atoms with E-state index in [4.69, 9.17) is 5.11 Å². The summed E-state index contributed by atoms with van der Waals surface area (Å²) >= 11 is 3.12. The number of aliphatic hydroxyl groups is 1. The maximum atomic E-state index is 12.1. The molecule has 0 saturated heterocycles. The highest BCUT2D eigenvalue weighted by atomic mass is 32.1. The molecule has 21 heavy (non-hydrogen) atoms. The first-order chi connectivity index (χ1) is 10.2. The van der Waals surface area contributed by atoms with Gasteiger partial charge in [-0.05, 0) is 29.5 Å². The van der Waals surface area contributed by atoms with Crippen molar-refractivity contribution in [2.75, 3.05) is 6.61 Å². The van der Waals surface area contributed by atoms with Gasteiger partial charge in [0.05, 0.1) is 23.6 Å². The van der Waals surface area contributed by atoms with Gasteiger partial charge in [-0.15, -0.1) is 22.7 Å². The van der Waals surface area contributed by atoms with Crippen molar-refractivity contribution in [1.82, 2.24) is 5.32 Å². The van der Waals surface area contributed by atoms with Crippen molar-refractivity contribution in [3.8, 4) is 11.8 Å². The molecule has 2 heterocycles. The van der Waals surface area contributed by atoms with Crippen LogP contribution in [0.3, 0.4) is 0 Å². The third-order valence-electron chi connectivity index (χ3n) is 2.94. The van der Waals surface area contributed by atoms with E-state index < -0.39 is 0 Å². The van der Waals surface area contributed by atoms with Gasteiger partial charge in [0.1, 0.15) is 0 Å². The molecule has 0 aromatic carbocycles. The molecule has 0 radical (unpaired) electrons. The first kappa shape index (κ1) is 15.8. The number of aliphatic hydroxyl groups excluding tert-OH is 1. The van der Waals surface area contributed by atoms with Gasteiger partial charge < -0.3 is 10.4 Å². The van der Waals surface area contributed by atoms with Crippen LogP contribution in [-0.2, 0) is 13.0 Å². The summed E-state index contributed by atoms with van der Waals surface area (Å²) in [4.78, 5) is 14.2. The highest BCUT2D eigenvalue weighted by Crippen LogP contribution is 2.18. The minimum atomic E-state index is -0.0723. The minimum absolute atomic E-state index is 0.0618. The number of carbonyl (C=O) groups is 1. The number of amides is 1. The molecule has 0 unspecified atom stereocenters. The van der Waals surface area contributed by atoms with Crippen LogP contribution < -0.4 is 5.32 Å². The van der Waals surface area contributed by atoms with Gasteiger partial charge in [-0.2, -0.15) is 0 Å². The second-order valence-corrected chi connectivity index (χ2v) is 6.29. The maximum Gasteiger partial charge on any atom is 0.252 e. The van der Waals surface area contributed by atoms with Crippen molar-refractivity contribution in [3.63, 3.8) is 0 Å². The van der Waals surface area contributed by atoms with Gasteiger partial charge in [0.15, 0.2) is 0 Å². The average molecular weight is 319 g/mol. The molecule has 0 aliphatic rings. The topological polar surface area (TPSA) is 49.3 Å². The zero-order chi connectivity index (χ0) is 15.1. The molecule has 110 valence electrons. The lowest BCUT2D eigenvalue weighted by Crippen LogP contribution is -2.22. The van der Waals surface area contributed by atoms with Crippen molar-refractivity contribution in [3.05, 3.63) is 43.8 Å². The number of hydrogen-bond donors (Lipinski definition) is 2. The molecular formula is C16H17NO2S2. The Labute approximate surface area is 132 Å². The summed E-state index contributed by atoms with van der Waals surface area (Å²) in [7, 11) is 0. The van der Waals surface area contributed by atoms with E-state index in [0.717, 1.165) is 11.3 Å². The van der Waals surface area contributed by atoms with Crippen LogP contribution in [0.2, 0.25) is 0 Å². The summed E-state index contributed by atoms with van der Waals surface area (Å²) in [5, 5.41) is 15.5. The van der Waals surface area contributed by atoms with Crippen LogP contribution in [0, 0.1) is 11.8 Å². The Morgan fingerprint density at radius 1 is 1.43 bits per heavy atom. The molecule has 2 aromatic heterocycles. The van der Waals surface area contributed by atoms with Crippen LogP contribution in [0.15, 0.2) is 22.9 Å². The summed E-state index contributed by atoms with van der Waals surface area (Å²) in [6.07, 6.45) is 1.44. The number of hydrogen-bond acceptors (Lipinski definition) is 4. The third kappa shape index (κ3) is 4.43. The van der Waals surface area contributed by atoms with E-state index >= 15 is 0 Å². The molecule has 0 aliphatic heterocycles. The summed E-state index contributed by atoms with van der Waals surface area (Å²) in [5.74, 6) is 5.72. The summed E-state index contributed by atoms with van der Waals surface area (Å²) in [6, 6.07) is 3.89. The Morgan fingerprint density at radius 3 is 3.05 bits per heavy atom. The van der Waals surface area contributed by atoms with Crippen molar-refractivity contribution in [1.29, 1.82) is 0 Å². The van der Waals surface area contributed by atoms with Crippen LogP contribution in [0.4, 0.5) is 0 Å². The second kappa shape index (κ2) is 7.99. The third-order valence-corrected chi connectivity index (χ3v) is 4.75. The van der Waals surface area contributed by atoms with Crippen molar-refractivity contribution >= 4 is 28.6 Å². The van der Waals surface area contributed by atoms with E-state index in [1.54, 1.807) is 17.4 Å². The first-order valence-corrected chi connectivity index (χ1v) is 8.52. The molecule has 2 aromatic rings. The molecular weight excluding hydrogens is 302 g/mol. The van der Waals surface area contributed by atoms with Crippen molar-refractivity contribution in [2.45, 2.75) is 26.3 Å².